The van der Waals surface area contributed by atoms with Crippen LogP contribution in [0.15, 0.2) is 78.1 Å². The number of benzene rings is 2. The van der Waals surface area contributed by atoms with E-state index in [-0.39, 0.29) is 17.7 Å². The number of ether oxygens (including phenoxy) is 1. The Kier molecular flexibility index (Phi) is 7.44. The number of aromatic nitrogens is 2. The zero-order valence-electron chi connectivity index (χ0n) is 15.7. The Morgan fingerprint density at radius 1 is 1.04 bits per heavy atom. The molecule has 1 aromatic heterocycles. The predicted octanol–water partition coefficient (Wildman–Crippen LogP) is 4.50. The molecule has 0 aliphatic heterocycles. The molecule has 1 amide bonds. The molecular formula is C22H23N3O2S. The van der Waals surface area contributed by atoms with Gasteiger partial charge in [-0.25, -0.2) is 9.97 Å². The summed E-state index contributed by atoms with van der Waals surface area (Å²) in [7, 11) is 0. The molecule has 0 saturated carbocycles. The van der Waals surface area contributed by atoms with Crippen LogP contribution in [-0.4, -0.2) is 27.7 Å². The van der Waals surface area contributed by atoms with Crippen LogP contribution >= 0.6 is 11.8 Å². The maximum Gasteiger partial charge on any atom is 0.252 e. The van der Waals surface area contributed by atoms with Gasteiger partial charge in [-0.15, -0.1) is 0 Å². The highest BCUT2D eigenvalue weighted by atomic mass is 32.2. The minimum atomic E-state index is -0.0260. The molecule has 0 bridgehead atoms. The Bertz CT molecular complexity index is 875. The van der Waals surface area contributed by atoms with Crippen molar-refractivity contribution in [2.75, 3.05) is 5.75 Å². The summed E-state index contributed by atoms with van der Waals surface area (Å²) < 4.78 is 5.78. The zero-order valence-corrected chi connectivity index (χ0v) is 16.6. The van der Waals surface area contributed by atoms with Crippen molar-refractivity contribution in [3.63, 3.8) is 0 Å². The molecule has 0 saturated heterocycles. The third-order valence-corrected chi connectivity index (χ3v) is 5.01. The van der Waals surface area contributed by atoms with Gasteiger partial charge in [0, 0.05) is 18.4 Å². The molecular weight excluding hydrogens is 370 g/mol. The van der Waals surface area contributed by atoms with Crippen LogP contribution < -0.4 is 10.1 Å². The zero-order chi connectivity index (χ0) is 19.6. The number of amides is 1. The first-order chi connectivity index (χ1) is 13.7. The molecule has 2 aromatic carbocycles. The largest absolute Gasteiger partial charge is 0.437 e. The molecule has 144 valence electrons. The van der Waals surface area contributed by atoms with E-state index in [2.05, 4.69) is 27.4 Å². The van der Waals surface area contributed by atoms with E-state index in [1.165, 1.54) is 17.3 Å². The van der Waals surface area contributed by atoms with Gasteiger partial charge in [0.05, 0.1) is 5.75 Å². The van der Waals surface area contributed by atoms with Gasteiger partial charge in [0.15, 0.2) is 5.03 Å². The van der Waals surface area contributed by atoms with Crippen LogP contribution in [0.25, 0.3) is 0 Å². The molecule has 1 unspecified atom stereocenters. The molecule has 1 heterocycles. The van der Waals surface area contributed by atoms with Crippen molar-refractivity contribution in [3.8, 4) is 11.6 Å². The highest BCUT2D eigenvalue weighted by Gasteiger charge is 2.13. The van der Waals surface area contributed by atoms with E-state index < -0.39 is 0 Å². The number of para-hydroxylation sites is 1. The third-order valence-electron chi connectivity index (χ3n) is 4.05. The van der Waals surface area contributed by atoms with Crippen LogP contribution in [0.4, 0.5) is 0 Å². The van der Waals surface area contributed by atoms with Crippen molar-refractivity contribution >= 4 is 17.7 Å². The number of carbonyl (C=O) groups is 1. The number of rotatable bonds is 9. The second-order valence-electron chi connectivity index (χ2n) is 6.36. The normalized spacial score (nSPS) is 11.6. The summed E-state index contributed by atoms with van der Waals surface area (Å²) in [5, 5.41) is 3.64. The molecule has 0 aliphatic rings. The molecule has 0 fully saturated rings. The van der Waals surface area contributed by atoms with E-state index in [0.29, 0.717) is 16.7 Å². The highest BCUT2D eigenvalue weighted by molar-refractivity contribution is 8.00. The van der Waals surface area contributed by atoms with E-state index in [0.717, 1.165) is 12.8 Å². The number of hydrogen-bond acceptors (Lipinski definition) is 5. The highest BCUT2D eigenvalue weighted by Crippen LogP contribution is 2.28. The number of carbonyl (C=O) groups excluding carboxylic acids is 1. The maximum absolute atomic E-state index is 12.3. The fourth-order valence-electron chi connectivity index (χ4n) is 2.63. The maximum atomic E-state index is 12.3. The molecule has 6 heteroatoms. The molecule has 0 aliphatic carbocycles. The Labute approximate surface area is 169 Å². The van der Waals surface area contributed by atoms with Gasteiger partial charge in [-0.2, -0.15) is 0 Å². The Balaban J connectivity index is 1.48. The van der Waals surface area contributed by atoms with Crippen LogP contribution in [0.3, 0.4) is 0 Å². The number of thioether (sulfide) groups is 1. The topological polar surface area (TPSA) is 64.1 Å². The summed E-state index contributed by atoms with van der Waals surface area (Å²) in [4.78, 5) is 20.8. The van der Waals surface area contributed by atoms with Crippen LogP contribution in [0.2, 0.25) is 0 Å². The average Bonchev–Trinajstić information content (AvgIpc) is 2.73. The van der Waals surface area contributed by atoms with Gasteiger partial charge in [0.1, 0.15) is 5.75 Å². The standard InChI is InChI=1S/C22H23N3O2S/c1-17(12-13-18-8-4-2-5-9-18)25-20(26)16-28-22-21(23-14-15-24-22)27-19-10-6-3-7-11-19/h2-11,14-15,17H,12-13,16H2,1H3,(H,25,26). The number of aryl methyl sites for hydroxylation is 1. The quantitative estimate of drug-likeness (QED) is 0.542. The van der Waals surface area contributed by atoms with Crippen molar-refractivity contribution in [1.82, 2.24) is 15.3 Å². The summed E-state index contributed by atoms with van der Waals surface area (Å²) in [5.41, 5.74) is 1.28. The van der Waals surface area contributed by atoms with Gasteiger partial charge in [0.2, 0.25) is 5.91 Å². The van der Waals surface area contributed by atoms with Crippen LogP contribution in [0.5, 0.6) is 11.6 Å². The summed E-state index contributed by atoms with van der Waals surface area (Å²) in [6, 6.07) is 19.8. The van der Waals surface area contributed by atoms with Crippen LogP contribution in [0, 0.1) is 0 Å². The smallest absolute Gasteiger partial charge is 0.252 e. The van der Waals surface area contributed by atoms with Crippen molar-refractivity contribution < 1.29 is 9.53 Å². The van der Waals surface area contributed by atoms with Crippen molar-refractivity contribution in [2.45, 2.75) is 30.8 Å². The van der Waals surface area contributed by atoms with E-state index in [4.69, 9.17) is 4.74 Å². The molecule has 0 radical (unpaired) electrons. The Morgan fingerprint density at radius 2 is 1.71 bits per heavy atom. The van der Waals surface area contributed by atoms with E-state index in [9.17, 15) is 4.79 Å². The van der Waals surface area contributed by atoms with Crippen LogP contribution in [0.1, 0.15) is 18.9 Å². The summed E-state index contributed by atoms with van der Waals surface area (Å²) in [5.74, 6) is 1.33. The lowest BCUT2D eigenvalue weighted by atomic mass is 10.1. The molecule has 3 aromatic rings. The Morgan fingerprint density at radius 3 is 2.46 bits per heavy atom. The molecule has 5 nitrogen and oxygen atoms in total. The van der Waals surface area contributed by atoms with E-state index in [1.54, 1.807) is 12.4 Å². The van der Waals surface area contributed by atoms with Gasteiger partial charge >= 0.3 is 0 Å². The third kappa shape index (κ3) is 6.39. The number of nitrogens with one attached hydrogen (secondary N) is 1. The van der Waals surface area contributed by atoms with Gasteiger partial charge in [0.25, 0.3) is 5.88 Å². The van der Waals surface area contributed by atoms with Crippen LogP contribution in [-0.2, 0) is 11.2 Å². The van der Waals surface area contributed by atoms with E-state index in [1.807, 2.05) is 55.5 Å². The second kappa shape index (κ2) is 10.5. The monoisotopic (exact) mass is 393 g/mol. The molecule has 28 heavy (non-hydrogen) atoms. The van der Waals surface area contributed by atoms with Crippen molar-refractivity contribution in [3.05, 3.63) is 78.6 Å². The first kappa shape index (κ1) is 19.9. The van der Waals surface area contributed by atoms with Crippen molar-refractivity contribution in [1.29, 1.82) is 0 Å². The van der Waals surface area contributed by atoms with Gasteiger partial charge in [-0.1, -0.05) is 60.3 Å². The minimum absolute atomic E-state index is 0.0260. The van der Waals surface area contributed by atoms with Gasteiger partial charge in [-0.3, -0.25) is 4.79 Å². The first-order valence-corrected chi connectivity index (χ1v) is 10.2. The molecule has 1 atom stereocenters. The SMILES string of the molecule is CC(CCc1ccccc1)NC(=O)CSc1nccnc1Oc1ccccc1. The summed E-state index contributed by atoms with van der Waals surface area (Å²) in [6.07, 6.45) is 5.01. The first-order valence-electron chi connectivity index (χ1n) is 9.20. The van der Waals surface area contributed by atoms with Gasteiger partial charge < -0.3 is 10.1 Å². The molecule has 3 rings (SSSR count). The fraction of sp³-hybridized carbons (Fsp3) is 0.227. The molecule has 1 N–H and O–H groups in total. The average molecular weight is 394 g/mol. The van der Waals surface area contributed by atoms with E-state index >= 15 is 0 Å². The van der Waals surface area contributed by atoms with Gasteiger partial charge in [-0.05, 0) is 37.5 Å². The Hall–Kier alpha value is -2.86. The lowest BCUT2D eigenvalue weighted by Gasteiger charge is -2.14. The molecule has 0 spiro atoms. The minimum Gasteiger partial charge on any atom is -0.437 e. The lowest BCUT2D eigenvalue weighted by Crippen LogP contribution is -2.34. The summed E-state index contributed by atoms with van der Waals surface area (Å²) >= 11 is 1.32. The summed E-state index contributed by atoms with van der Waals surface area (Å²) in [6.45, 7) is 2.03. The number of nitrogens with zero attached hydrogens (tertiary/aromatic N) is 2. The second-order valence-corrected chi connectivity index (χ2v) is 7.33. The fourth-order valence-corrected chi connectivity index (χ4v) is 3.34. The van der Waals surface area contributed by atoms with Crippen molar-refractivity contribution in [2.24, 2.45) is 0 Å². The predicted molar refractivity (Wildman–Crippen MR) is 112 cm³/mol. The number of hydrogen-bond donors (Lipinski definition) is 1. The lowest BCUT2D eigenvalue weighted by molar-refractivity contribution is -0.119.